The molecule has 1 aliphatic heterocycles. The van der Waals surface area contributed by atoms with Crippen LogP contribution in [0.15, 0.2) is 40.8 Å². The molecule has 1 saturated heterocycles. The third-order valence-electron chi connectivity index (χ3n) is 4.13. The normalized spacial score (nSPS) is 18.5. The van der Waals surface area contributed by atoms with Crippen LogP contribution < -0.4 is 0 Å². The van der Waals surface area contributed by atoms with Gasteiger partial charge in [-0.3, -0.25) is 4.90 Å². The van der Waals surface area contributed by atoms with Crippen molar-refractivity contribution in [2.75, 3.05) is 26.8 Å². The Morgan fingerprint density at radius 2 is 2.18 bits per heavy atom. The van der Waals surface area contributed by atoms with Crippen molar-refractivity contribution >= 4 is 0 Å². The van der Waals surface area contributed by atoms with Gasteiger partial charge in [-0.25, -0.2) is 0 Å². The number of rotatable bonds is 5. The Balaban J connectivity index is 1.69. The summed E-state index contributed by atoms with van der Waals surface area (Å²) >= 11 is 0. The lowest BCUT2D eigenvalue weighted by Crippen LogP contribution is -2.20. The molecule has 1 fully saturated rings. The molecule has 0 amide bonds. The molecule has 0 saturated carbocycles. The van der Waals surface area contributed by atoms with E-state index in [0.717, 1.165) is 43.3 Å². The van der Waals surface area contributed by atoms with Crippen molar-refractivity contribution in [2.45, 2.75) is 13.0 Å². The van der Waals surface area contributed by atoms with Crippen LogP contribution in [0.1, 0.15) is 17.7 Å². The lowest BCUT2D eigenvalue weighted by molar-refractivity contribution is 0.151. The predicted octanol–water partition coefficient (Wildman–Crippen LogP) is 3.29. The van der Waals surface area contributed by atoms with Gasteiger partial charge in [0, 0.05) is 19.2 Å². The minimum Gasteiger partial charge on any atom is -0.460 e. The number of benzene rings is 1. The molecule has 1 aliphatic rings. The predicted molar refractivity (Wildman–Crippen MR) is 84.1 cm³/mol. The Morgan fingerprint density at radius 3 is 3.00 bits per heavy atom. The third-order valence-corrected chi connectivity index (χ3v) is 4.13. The van der Waals surface area contributed by atoms with E-state index in [1.807, 2.05) is 36.4 Å². The number of furan rings is 1. The van der Waals surface area contributed by atoms with E-state index in [-0.39, 0.29) is 0 Å². The van der Waals surface area contributed by atoms with E-state index in [1.165, 1.54) is 6.42 Å². The molecule has 1 aromatic heterocycles. The maximum Gasteiger partial charge on any atom is 0.135 e. The van der Waals surface area contributed by atoms with E-state index in [9.17, 15) is 5.26 Å². The molecule has 4 heteroatoms. The quantitative estimate of drug-likeness (QED) is 0.849. The Labute approximate surface area is 130 Å². The number of methoxy groups -OCH3 is 1. The maximum atomic E-state index is 9.18. The van der Waals surface area contributed by atoms with E-state index < -0.39 is 0 Å². The Kier molecular flexibility index (Phi) is 4.57. The SMILES string of the molecule is COC[C@@H]1CCN(Cc2ccc(-c3ccccc3C#N)o2)C1. The number of likely N-dealkylation sites (tertiary alicyclic amines) is 1. The molecule has 3 rings (SSSR count). The summed E-state index contributed by atoms with van der Waals surface area (Å²) in [6, 6.07) is 13.7. The smallest absolute Gasteiger partial charge is 0.135 e. The van der Waals surface area contributed by atoms with Gasteiger partial charge in [0.15, 0.2) is 0 Å². The molecular formula is C18H20N2O2. The summed E-state index contributed by atoms with van der Waals surface area (Å²) in [4.78, 5) is 2.39. The molecule has 0 aliphatic carbocycles. The van der Waals surface area contributed by atoms with Crippen LogP contribution in [0.2, 0.25) is 0 Å². The molecule has 0 unspecified atom stereocenters. The van der Waals surface area contributed by atoms with Crippen LogP contribution in [-0.4, -0.2) is 31.7 Å². The number of hydrogen-bond acceptors (Lipinski definition) is 4. The summed E-state index contributed by atoms with van der Waals surface area (Å²) in [7, 11) is 1.76. The van der Waals surface area contributed by atoms with Gasteiger partial charge in [-0.1, -0.05) is 12.1 Å². The monoisotopic (exact) mass is 296 g/mol. The first-order valence-electron chi connectivity index (χ1n) is 7.59. The van der Waals surface area contributed by atoms with Gasteiger partial charge in [-0.2, -0.15) is 5.26 Å². The van der Waals surface area contributed by atoms with E-state index in [1.54, 1.807) is 7.11 Å². The Hall–Kier alpha value is -2.09. The van der Waals surface area contributed by atoms with Crippen molar-refractivity contribution in [1.29, 1.82) is 5.26 Å². The fourth-order valence-electron chi connectivity index (χ4n) is 3.05. The Morgan fingerprint density at radius 1 is 1.32 bits per heavy atom. The van der Waals surface area contributed by atoms with Gasteiger partial charge in [0.2, 0.25) is 0 Å². The van der Waals surface area contributed by atoms with E-state index in [2.05, 4.69) is 11.0 Å². The first-order valence-corrected chi connectivity index (χ1v) is 7.59. The lowest BCUT2D eigenvalue weighted by Gasteiger charge is -2.14. The zero-order valence-corrected chi connectivity index (χ0v) is 12.8. The second kappa shape index (κ2) is 6.78. The van der Waals surface area contributed by atoms with E-state index in [0.29, 0.717) is 11.5 Å². The van der Waals surface area contributed by atoms with Crippen molar-refractivity contribution in [3.05, 3.63) is 47.7 Å². The number of nitriles is 1. The molecule has 4 nitrogen and oxygen atoms in total. The largest absolute Gasteiger partial charge is 0.460 e. The molecule has 0 bridgehead atoms. The molecule has 1 aromatic carbocycles. The summed E-state index contributed by atoms with van der Waals surface area (Å²) in [6.45, 7) is 3.78. The van der Waals surface area contributed by atoms with Crippen LogP contribution in [0.3, 0.4) is 0 Å². The molecule has 1 atom stereocenters. The van der Waals surface area contributed by atoms with Crippen LogP contribution >= 0.6 is 0 Å². The number of nitrogens with zero attached hydrogens (tertiary/aromatic N) is 2. The van der Waals surface area contributed by atoms with Crippen LogP contribution in [0.25, 0.3) is 11.3 Å². The fourth-order valence-corrected chi connectivity index (χ4v) is 3.05. The zero-order chi connectivity index (χ0) is 15.4. The maximum absolute atomic E-state index is 9.18. The highest BCUT2D eigenvalue weighted by atomic mass is 16.5. The summed E-state index contributed by atoms with van der Waals surface area (Å²) in [5.74, 6) is 2.33. The molecule has 0 spiro atoms. The summed E-state index contributed by atoms with van der Waals surface area (Å²) in [5.41, 5.74) is 1.50. The number of ether oxygens (including phenoxy) is 1. The molecule has 114 valence electrons. The highest BCUT2D eigenvalue weighted by Crippen LogP contribution is 2.27. The topological polar surface area (TPSA) is 49.4 Å². The standard InChI is InChI=1S/C18H20N2O2/c1-21-13-14-8-9-20(11-14)12-16-6-7-18(22-16)17-5-3-2-4-15(17)10-19/h2-7,14H,8-9,11-13H2,1H3/t14-/m1/s1. The van der Waals surface area contributed by atoms with Crippen molar-refractivity contribution < 1.29 is 9.15 Å². The number of hydrogen-bond donors (Lipinski definition) is 0. The summed E-state index contributed by atoms with van der Waals surface area (Å²) in [6.07, 6.45) is 1.18. The molecule has 2 heterocycles. The first-order chi connectivity index (χ1) is 10.8. The molecular weight excluding hydrogens is 276 g/mol. The fraction of sp³-hybridized carbons (Fsp3) is 0.389. The van der Waals surface area contributed by atoms with Gasteiger partial charge >= 0.3 is 0 Å². The van der Waals surface area contributed by atoms with Crippen molar-refractivity contribution in [3.8, 4) is 17.4 Å². The average Bonchev–Trinajstić information content (AvgIpc) is 3.18. The summed E-state index contributed by atoms with van der Waals surface area (Å²) < 4.78 is 11.2. The highest BCUT2D eigenvalue weighted by molar-refractivity contribution is 5.66. The Bertz CT molecular complexity index is 672. The lowest BCUT2D eigenvalue weighted by atomic mass is 10.1. The third kappa shape index (κ3) is 3.22. The first kappa shape index (κ1) is 14.8. The van der Waals surface area contributed by atoms with Gasteiger partial charge < -0.3 is 9.15 Å². The highest BCUT2D eigenvalue weighted by Gasteiger charge is 2.23. The minimum atomic E-state index is 0.624. The molecule has 0 radical (unpaired) electrons. The molecule has 22 heavy (non-hydrogen) atoms. The van der Waals surface area contributed by atoms with E-state index >= 15 is 0 Å². The van der Waals surface area contributed by atoms with Gasteiger partial charge in [-0.05, 0) is 43.1 Å². The van der Waals surface area contributed by atoms with Crippen LogP contribution in [0.4, 0.5) is 0 Å². The van der Waals surface area contributed by atoms with Crippen molar-refractivity contribution in [3.63, 3.8) is 0 Å². The van der Waals surface area contributed by atoms with Crippen molar-refractivity contribution in [1.82, 2.24) is 4.90 Å². The van der Waals surface area contributed by atoms with Gasteiger partial charge in [0.25, 0.3) is 0 Å². The van der Waals surface area contributed by atoms with Gasteiger partial charge in [-0.15, -0.1) is 0 Å². The second-order valence-electron chi connectivity index (χ2n) is 5.77. The molecule has 2 aromatic rings. The summed E-state index contributed by atoms with van der Waals surface area (Å²) in [5, 5.41) is 9.18. The average molecular weight is 296 g/mol. The molecule has 0 N–H and O–H groups in total. The van der Waals surface area contributed by atoms with Gasteiger partial charge in [0.1, 0.15) is 11.5 Å². The minimum absolute atomic E-state index is 0.624. The van der Waals surface area contributed by atoms with E-state index in [4.69, 9.17) is 9.15 Å². The van der Waals surface area contributed by atoms with Crippen LogP contribution in [0.5, 0.6) is 0 Å². The van der Waals surface area contributed by atoms with Crippen molar-refractivity contribution in [2.24, 2.45) is 5.92 Å². The zero-order valence-electron chi connectivity index (χ0n) is 12.8. The second-order valence-corrected chi connectivity index (χ2v) is 5.77. The van der Waals surface area contributed by atoms with Crippen LogP contribution in [-0.2, 0) is 11.3 Å². The van der Waals surface area contributed by atoms with Crippen LogP contribution in [0, 0.1) is 17.2 Å². The van der Waals surface area contributed by atoms with Gasteiger partial charge in [0.05, 0.1) is 24.8 Å².